The maximum absolute atomic E-state index is 13.1. The number of azide groups is 1. The molecule has 13 heavy (non-hydrogen) atoms. The van der Waals surface area contributed by atoms with Crippen molar-refractivity contribution in [3.8, 4) is 0 Å². The van der Waals surface area contributed by atoms with Gasteiger partial charge in [0.05, 0.1) is 6.04 Å². The quantitative estimate of drug-likeness (QED) is 0.429. The molecule has 0 aliphatic heterocycles. The summed E-state index contributed by atoms with van der Waals surface area (Å²) in [6.45, 7) is 1.64. The molecule has 1 rings (SSSR count). The third kappa shape index (κ3) is 2.44. The van der Waals surface area contributed by atoms with E-state index in [2.05, 4.69) is 26.0 Å². The first kappa shape index (κ1) is 10.0. The van der Waals surface area contributed by atoms with Crippen molar-refractivity contribution in [2.24, 2.45) is 5.11 Å². The Bertz CT molecular complexity index is 360. The van der Waals surface area contributed by atoms with Crippen LogP contribution in [0.25, 0.3) is 10.4 Å². The van der Waals surface area contributed by atoms with Gasteiger partial charge in [-0.05, 0) is 29.3 Å². The third-order valence-corrected chi connectivity index (χ3v) is 2.13. The van der Waals surface area contributed by atoms with E-state index in [0.717, 1.165) is 4.47 Å². The van der Waals surface area contributed by atoms with Gasteiger partial charge < -0.3 is 0 Å². The van der Waals surface area contributed by atoms with Crippen molar-refractivity contribution < 1.29 is 4.39 Å². The van der Waals surface area contributed by atoms with Crippen LogP contribution in [0.5, 0.6) is 0 Å². The van der Waals surface area contributed by atoms with E-state index in [1.807, 2.05) is 0 Å². The van der Waals surface area contributed by atoms with Gasteiger partial charge in [0, 0.05) is 9.38 Å². The Balaban J connectivity index is 3.12. The van der Waals surface area contributed by atoms with Gasteiger partial charge >= 0.3 is 0 Å². The molecule has 0 aliphatic carbocycles. The van der Waals surface area contributed by atoms with Crippen molar-refractivity contribution in [2.45, 2.75) is 13.0 Å². The predicted molar refractivity (Wildman–Crippen MR) is 51.7 cm³/mol. The number of halogens is 2. The van der Waals surface area contributed by atoms with Gasteiger partial charge in [-0.2, -0.15) is 0 Å². The smallest absolute Gasteiger partial charge is 0.126 e. The molecule has 0 spiro atoms. The molecular formula is C8H7BrFN3. The van der Waals surface area contributed by atoms with Crippen LogP contribution in [-0.4, -0.2) is 0 Å². The fourth-order valence-electron chi connectivity index (χ4n) is 0.974. The lowest BCUT2D eigenvalue weighted by Gasteiger charge is -2.06. The summed E-state index contributed by atoms with van der Waals surface area (Å²) in [5.74, 6) is -0.358. The minimum Gasteiger partial charge on any atom is -0.207 e. The van der Waals surface area contributed by atoms with Gasteiger partial charge in [-0.15, -0.1) is 0 Å². The highest BCUT2D eigenvalue weighted by molar-refractivity contribution is 9.10. The normalized spacial score (nSPS) is 11.9. The van der Waals surface area contributed by atoms with Crippen LogP contribution in [0.2, 0.25) is 0 Å². The topological polar surface area (TPSA) is 48.8 Å². The fraction of sp³-hybridized carbons (Fsp3) is 0.250. The maximum Gasteiger partial charge on any atom is 0.126 e. The Morgan fingerprint density at radius 3 is 2.92 bits per heavy atom. The lowest BCUT2D eigenvalue weighted by Crippen LogP contribution is -1.93. The van der Waals surface area contributed by atoms with Gasteiger partial charge in [0.2, 0.25) is 0 Å². The van der Waals surface area contributed by atoms with Crippen LogP contribution >= 0.6 is 15.9 Å². The number of rotatable bonds is 2. The highest BCUT2D eigenvalue weighted by Crippen LogP contribution is 2.23. The van der Waals surface area contributed by atoms with E-state index in [-0.39, 0.29) is 5.82 Å². The van der Waals surface area contributed by atoms with E-state index < -0.39 is 6.04 Å². The molecule has 68 valence electrons. The van der Waals surface area contributed by atoms with Gasteiger partial charge in [0.25, 0.3) is 0 Å². The van der Waals surface area contributed by atoms with E-state index in [0.29, 0.717) is 5.56 Å². The Labute approximate surface area is 83.3 Å². The van der Waals surface area contributed by atoms with Gasteiger partial charge in [0.1, 0.15) is 5.82 Å². The van der Waals surface area contributed by atoms with Crippen molar-refractivity contribution in [1.29, 1.82) is 0 Å². The van der Waals surface area contributed by atoms with Crippen LogP contribution in [-0.2, 0) is 0 Å². The summed E-state index contributed by atoms with van der Waals surface area (Å²) >= 11 is 3.21. The molecule has 1 atom stereocenters. The summed E-state index contributed by atoms with van der Waals surface area (Å²) in [5.41, 5.74) is 8.58. The van der Waals surface area contributed by atoms with Crippen LogP contribution in [0.1, 0.15) is 18.5 Å². The second kappa shape index (κ2) is 4.25. The van der Waals surface area contributed by atoms with Gasteiger partial charge in [0.15, 0.2) is 0 Å². The lowest BCUT2D eigenvalue weighted by molar-refractivity contribution is 0.592. The molecule has 3 nitrogen and oxygen atoms in total. The average Bonchev–Trinajstić information content (AvgIpc) is 2.09. The van der Waals surface area contributed by atoms with E-state index in [1.54, 1.807) is 19.1 Å². The van der Waals surface area contributed by atoms with Gasteiger partial charge in [-0.25, -0.2) is 4.39 Å². The molecule has 0 N–H and O–H groups in total. The molecular weight excluding hydrogens is 237 g/mol. The minimum absolute atomic E-state index is 0.358. The van der Waals surface area contributed by atoms with Crippen LogP contribution in [0, 0.1) is 5.82 Å². The molecule has 0 amide bonds. The lowest BCUT2D eigenvalue weighted by atomic mass is 10.1. The predicted octanol–water partition coefficient (Wildman–Crippen LogP) is 3.96. The van der Waals surface area contributed by atoms with Gasteiger partial charge in [-0.1, -0.05) is 28.0 Å². The monoisotopic (exact) mass is 243 g/mol. The second-order valence-corrected chi connectivity index (χ2v) is 3.46. The molecule has 0 heterocycles. The maximum atomic E-state index is 13.1. The summed E-state index contributed by atoms with van der Waals surface area (Å²) in [6.07, 6.45) is 0. The van der Waals surface area contributed by atoms with Crippen LogP contribution in [0.3, 0.4) is 0 Å². The molecule has 0 radical (unpaired) electrons. The minimum atomic E-state index is -0.484. The van der Waals surface area contributed by atoms with Crippen LogP contribution in [0.4, 0.5) is 4.39 Å². The summed E-state index contributed by atoms with van der Waals surface area (Å²) in [5, 5.41) is 3.42. The van der Waals surface area contributed by atoms with Crippen molar-refractivity contribution >= 4 is 15.9 Å². The number of nitrogens with zero attached hydrogens (tertiary/aromatic N) is 3. The summed E-state index contributed by atoms with van der Waals surface area (Å²) in [4.78, 5) is 2.63. The molecule has 0 aromatic heterocycles. The molecule has 0 fully saturated rings. The molecule has 0 saturated heterocycles. The Morgan fingerprint density at radius 2 is 2.31 bits per heavy atom. The van der Waals surface area contributed by atoms with E-state index in [9.17, 15) is 4.39 Å². The Hall–Kier alpha value is -1.06. The Morgan fingerprint density at radius 1 is 1.62 bits per heavy atom. The molecule has 5 heteroatoms. The van der Waals surface area contributed by atoms with E-state index >= 15 is 0 Å². The standard InChI is InChI=1S/C8H7BrFN3/c1-5(12-13-11)7-4-6(9)2-3-8(7)10/h2-5H,1H3/t5-/m0/s1. The van der Waals surface area contributed by atoms with Gasteiger partial charge in [-0.3, -0.25) is 0 Å². The zero-order valence-corrected chi connectivity index (χ0v) is 8.49. The SMILES string of the molecule is C[C@H](N=[N+]=[N-])c1cc(Br)ccc1F. The zero-order chi connectivity index (χ0) is 9.84. The first-order valence-corrected chi connectivity index (χ1v) is 4.43. The molecule has 0 saturated carbocycles. The molecule has 0 bridgehead atoms. The number of benzene rings is 1. The molecule has 0 aliphatic rings. The van der Waals surface area contributed by atoms with Crippen LogP contribution < -0.4 is 0 Å². The molecule has 1 aromatic carbocycles. The number of hydrogen-bond donors (Lipinski definition) is 0. The highest BCUT2D eigenvalue weighted by atomic mass is 79.9. The van der Waals surface area contributed by atoms with Crippen molar-refractivity contribution in [3.63, 3.8) is 0 Å². The van der Waals surface area contributed by atoms with E-state index in [1.165, 1.54) is 6.07 Å². The summed E-state index contributed by atoms with van der Waals surface area (Å²) in [7, 11) is 0. The summed E-state index contributed by atoms with van der Waals surface area (Å²) < 4.78 is 13.9. The highest BCUT2D eigenvalue weighted by Gasteiger charge is 2.08. The van der Waals surface area contributed by atoms with Crippen molar-refractivity contribution in [1.82, 2.24) is 0 Å². The first-order valence-electron chi connectivity index (χ1n) is 3.64. The zero-order valence-electron chi connectivity index (χ0n) is 6.91. The first-order chi connectivity index (χ1) is 6.15. The largest absolute Gasteiger partial charge is 0.207 e. The van der Waals surface area contributed by atoms with Crippen LogP contribution in [0.15, 0.2) is 27.8 Å². The van der Waals surface area contributed by atoms with Crippen molar-refractivity contribution in [2.75, 3.05) is 0 Å². The Kier molecular flexibility index (Phi) is 3.28. The summed E-state index contributed by atoms with van der Waals surface area (Å²) in [6, 6.07) is 4.06. The van der Waals surface area contributed by atoms with Crippen molar-refractivity contribution in [3.05, 3.63) is 44.5 Å². The number of hydrogen-bond acceptors (Lipinski definition) is 1. The van der Waals surface area contributed by atoms with E-state index in [4.69, 9.17) is 5.53 Å². The fourth-order valence-corrected chi connectivity index (χ4v) is 1.35. The molecule has 0 unspecified atom stereocenters. The third-order valence-electron chi connectivity index (χ3n) is 1.63. The average molecular weight is 244 g/mol. The second-order valence-electron chi connectivity index (χ2n) is 2.55. The molecule has 1 aromatic rings.